The van der Waals surface area contributed by atoms with Gasteiger partial charge in [-0.1, -0.05) is 30.3 Å². The van der Waals surface area contributed by atoms with Gasteiger partial charge in [-0.2, -0.15) is 5.26 Å². The molecule has 0 bridgehead atoms. The van der Waals surface area contributed by atoms with Gasteiger partial charge >= 0.3 is 0 Å². The zero-order chi connectivity index (χ0) is 15.2. The summed E-state index contributed by atoms with van der Waals surface area (Å²) >= 11 is 0. The summed E-state index contributed by atoms with van der Waals surface area (Å²) in [5.74, 6) is -0.856. The third kappa shape index (κ3) is 4.06. The molecule has 1 saturated heterocycles. The van der Waals surface area contributed by atoms with E-state index in [0.717, 1.165) is 5.56 Å². The SMILES string of the molecule is CN1CC(NC(=O)C(C#N)Cc2ccccc2)CCC1=O. The number of rotatable bonds is 4. The van der Waals surface area contributed by atoms with Gasteiger partial charge in [-0.25, -0.2) is 0 Å². The molecule has 1 fully saturated rings. The molecule has 110 valence electrons. The average molecular weight is 285 g/mol. The third-order valence-corrected chi connectivity index (χ3v) is 3.73. The number of amides is 2. The van der Waals surface area contributed by atoms with Crippen LogP contribution < -0.4 is 5.32 Å². The number of likely N-dealkylation sites (tertiary alicyclic amines) is 1. The fourth-order valence-electron chi connectivity index (χ4n) is 2.48. The normalized spacial score (nSPS) is 19.7. The number of carbonyl (C=O) groups is 2. The molecule has 1 N–H and O–H groups in total. The second-order valence-electron chi connectivity index (χ2n) is 5.39. The Morgan fingerprint density at radius 2 is 2.19 bits per heavy atom. The molecule has 2 amide bonds. The van der Waals surface area contributed by atoms with Crippen molar-refractivity contribution in [1.29, 1.82) is 5.26 Å². The van der Waals surface area contributed by atoms with Crippen LogP contribution in [0.25, 0.3) is 0 Å². The number of nitrogens with one attached hydrogen (secondary N) is 1. The molecule has 1 aliphatic rings. The van der Waals surface area contributed by atoms with Gasteiger partial charge in [-0.15, -0.1) is 0 Å². The van der Waals surface area contributed by atoms with Crippen molar-refractivity contribution < 1.29 is 9.59 Å². The van der Waals surface area contributed by atoms with Crippen LogP contribution in [0.2, 0.25) is 0 Å². The summed E-state index contributed by atoms with van der Waals surface area (Å²) in [6, 6.07) is 11.5. The Hall–Kier alpha value is -2.35. The molecule has 1 aliphatic heterocycles. The molecular weight excluding hydrogens is 266 g/mol. The summed E-state index contributed by atoms with van der Waals surface area (Å²) in [6.45, 7) is 0.508. The van der Waals surface area contributed by atoms with E-state index in [1.807, 2.05) is 30.3 Å². The van der Waals surface area contributed by atoms with Crippen molar-refractivity contribution in [1.82, 2.24) is 10.2 Å². The Balaban J connectivity index is 1.92. The van der Waals surface area contributed by atoms with Crippen LogP contribution >= 0.6 is 0 Å². The predicted molar refractivity (Wildman–Crippen MR) is 78.1 cm³/mol. The minimum absolute atomic E-state index is 0.0631. The average Bonchev–Trinajstić information content (AvgIpc) is 2.49. The molecule has 2 rings (SSSR count). The fourth-order valence-corrected chi connectivity index (χ4v) is 2.48. The number of nitriles is 1. The van der Waals surface area contributed by atoms with E-state index in [-0.39, 0.29) is 17.9 Å². The van der Waals surface area contributed by atoms with E-state index < -0.39 is 5.92 Å². The molecule has 1 heterocycles. The first-order valence-electron chi connectivity index (χ1n) is 7.08. The molecule has 5 nitrogen and oxygen atoms in total. The van der Waals surface area contributed by atoms with Gasteiger partial charge in [0.05, 0.1) is 6.07 Å². The van der Waals surface area contributed by atoms with Crippen molar-refractivity contribution in [2.24, 2.45) is 5.92 Å². The maximum atomic E-state index is 12.2. The first kappa shape index (κ1) is 15.0. The molecule has 0 saturated carbocycles. The van der Waals surface area contributed by atoms with Crippen LogP contribution in [0.15, 0.2) is 30.3 Å². The van der Waals surface area contributed by atoms with E-state index in [4.69, 9.17) is 0 Å². The zero-order valence-corrected chi connectivity index (χ0v) is 12.1. The molecule has 2 atom stereocenters. The second kappa shape index (κ2) is 6.89. The topological polar surface area (TPSA) is 73.2 Å². The number of likely N-dealkylation sites (N-methyl/N-ethyl adjacent to an activating group) is 1. The number of hydrogen-bond donors (Lipinski definition) is 1. The number of hydrogen-bond acceptors (Lipinski definition) is 3. The van der Waals surface area contributed by atoms with Crippen molar-refractivity contribution in [2.75, 3.05) is 13.6 Å². The van der Waals surface area contributed by atoms with Gasteiger partial charge < -0.3 is 10.2 Å². The van der Waals surface area contributed by atoms with E-state index >= 15 is 0 Å². The van der Waals surface area contributed by atoms with Crippen LogP contribution in [-0.4, -0.2) is 36.3 Å². The van der Waals surface area contributed by atoms with Crippen LogP contribution in [0.4, 0.5) is 0 Å². The van der Waals surface area contributed by atoms with Gasteiger partial charge in [0.15, 0.2) is 0 Å². The quantitative estimate of drug-likeness (QED) is 0.900. The van der Waals surface area contributed by atoms with Crippen LogP contribution in [-0.2, 0) is 16.0 Å². The smallest absolute Gasteiger partial charge is 0.237 e. The van der Waals surface area contributed by atoms with Crippen LogP contribution in [0, 0.1) is 17.2 Å². The predicted octanol–water partition coefficient (Wildman–Crippen LogP) is 1.11. The Kier molecular flexibility index (Phi) is 4.94. The van der Waals surface area contributed by atoms with E-state index in [0.29, 0.717) is 25.8 Å². The Labute approximate surface area is 124 Å². The van der Waals surface area contributed by atoms with Gasteiger partial charge in [-0.05, 0) is 18.4 Å². The van der Waals surface area contributed by atoms with E-state index in [1.165, 1.54) is 0 Å². The van der Waals surface area contributed by atoms with Gasteiger partial charge in [0, 0.05) is 26.1 Å². The van der Waals surface area contributed by atoms with Crippen molar-refractivity contribution in [3.63, 3.8) is 0 Å². The lowest BCUT2D eigenvalue weighted by atomic mass is 9.98. The summed E-state index contributed by atoms with van der Waals surface area (Å²) in [4.78, 5) is 25.2. The first-order chi connectivity index (χ1) is 10.1. The standard InChI is InChI=1S/C16H19N3O2/c1-19-11-14(7-8-15(19)20)18-16(21)13(10-17)9-12-5-3-2-4-6-12/h2-6,13-14H,7-9,11H2,1H3,(H,18,21). The van der Waals surface area contributed by atoms with Gasteiger partial charge in [0.25, 0.3) is 0 Å². The lowest BCUT2D eigenvalue weighted by Gasteiger charge is -2.30. The van der Waals surface area contributed by atoms with Crippen LogP contribution in [0.1, 0.15) is 18.4 Å². The van der Waals surface area contributed by atoms with Crippen molar-refractivity contribution in [3.05, 3.63) is 35.9 Å². The van der Waals surface area contributed by atoms with Gasteiger partial charge in [-0.3, -0.25) is 9.59 Å². The first-order valence-corrected chi connectivity index (χ1v) is 7.08. The lowest BCUT2D eigenvalue weighted by molar-refractivity contribution is -0.134. The largest absolute Gasteiger partial charge is 0.350 e. The maximum absolute atomic E-state index is 12.2. The molecule has 0 aliphatic carbocycles. The minimum Gasteiger partial charge on any atom is -0.350 e. The number of piperidine rings is 1. The third-order valence-electron chi connectivity index (χ3n) is 3.73. The lowest BCUT2D eigenvalue weighted by Crippen LogP contribution is -2.49. The molecule has 0 radical (unpaired) electrons. The Bertz CT molecular complexity index is 550. The highest BCUT2D eigenvalue weighted by Crippen LogP contribution is 2.12. The highest BCUT2D eigenvalue weighted by atomic mass is 16.2. The summed E-state index contributed by atoms with van der Waals surface area (Å²) in [6.07, 6.45) is 1.49. The fraction of sp³-hybridized carbons (Fsp3) is 0.438. The molecule has 5 heteroatoms. The van der Waals surface area contributed by atoms with Crippen molar-refractivity contribution in [2.45, 2.75) is 25.3 Å². The maximum Gasteiger partial charge on any atom is 0.237 e. The van der Waals surface area contributed by atoms with E-state index in [1.54, 1.807) is 11.9 Å². The molecule has 0 spiro atoms. The molecular formula is C16H19N3O2. The highest BCUT2D eigenvalue weighted by Gasteiger charge is 2.27. The molecule has 1 aromatic carbocycles. The summed E-state index contributed by atoms with van der Waals surface area (Å²) < 4.78 is 0. The van der Waals surface area contributed by atoms with Gasteiger partial charge in [0.1, 0.15) is 5.92 Å². The van der Waals surface area contributed by atoms with Crippen molar-refractivity contribution in [3.8, 4) is 6.07 Å². The Morgan fingerprint density at radius 1 is 1.48 bits per heavy atom. The molecule has 2 unspecified atom stereocenters. The van der Waals surface area contributed by atoms with Crippen molar-refractivity contribution >= 4 is 11.8 Å². The molecule has 1 aromatic rings. The number of carbonyl (C=O) groups excluding carboxylic acids is 2. The second-order valence-corrected chi connectivity index (χ2v) is 5.39. The summed E-state index contributed by atoms with van der Waals surface area (Å²) in [5.41, 5.74) is 0.968. The van der Waals surface area contributed by atoms with E-state index in [9.17, 15) is 14.9 Å². The van der Waals surface area contributed by atoms with Crippen LogP contribution in [0.3, 0.4) is 0 Å². The zero-order valence-electron chi connectivity index (χ0n) is 12.1. The Morgan fingerprint density at radius 3 is 2.81 bits per heavy atom. The monoisotopic (exact) mass is 285 g/mol. The van der Waals surface area contributed by atoms with Gasteiger partial charge in [0.2, 0.25) is 11.8 Å². The minimum atomic E-state index is -0.699. The molecule has 0 aromatic heterocycles. The van der Waals surface area contributed by atoms with E-state index in [2.05, 4.69) is 11.4 Å². The number of benzene rings is 1. The number of nitrogens with zero attached hydrogens (tertiary/aromatic N) is 2. The van der Waals surface area contributed by atoms with Crippen LogP contribution in [0.5, 0.6) is 0 Å². The summed E-state index contributed by atoms with van der Waals surface area (Å²) in [7, 11) is 1.73. The summed E-state index contributed by atoms with van der Waals surface area (Å²) in [5, 5.41) is 12.1. The highest BCUT2D eigenvalue weighted by molar-refractivity contribution is 5.82. The molecule has 21 heavy (non-hydrogen) atoms.